The minimum Gasteiger partial charge on any atom is -0.418 e. The lowest BCUT2D eigenvalue weighted by atomic mass is 9.89. The van der Waals surface area contributed by atoms with Crippen LogP contribution in [0, 0.1) is 0 Å². The monoisotopic (exact) mass is 406 g/mol. The van der Waals surface area contributed by atoms with E-state index in [1.165, 1.54) is 18.3 Å². The molecule has 0 radical (unpaired) electrons. The van der Waals surface area contributed by atoms with E-state index >= 15 is 0 Å². The van der Waals surface area contributed by atoms with Gasteiger partial charge in [-0.05, 0) is 49.7 Å². The van der Waals surface area contributed by atoms with Gasteiger partial charge in [0.25, 0.3) is 5.89 Å². The van der Waals surface area contributed by atoms with Gasteiger partial charge in [-0.2, -0.15) is 13.2 Å². The average Bonchev–Trinajstić information content (AvgIpc) is 3.35. The second-order valence-electron chi connectivity index (χ2n) is 6.42. The fraction of sp³-hybridized carbons (Fsp3) is 0.263. The van der Waals surface area contributed by atoms with E-state index in [0.29, 0.717) is 11.4 Å². The number of amides is 1. The molecule has 2 N–H and O–H groups in total. The van der Waals surface area contributed by atoms with E-state index in [0.717, 1.165) is 12.1 Å². The lowest BCUT2D eigenvalue weighted by Gasteiger charge is -2.14. The summed E-state index contributed by atoms with van der Waals surface area (Å²) in [7, 11) is 0. The van der Waals surface area contributed by atoms with Crippen molar-refractivity contribution in [3.05, 3.63) is 54.0 Å². The summed E-state index contributed by atoms with van der Waals surface area (Å²) in [6, 6.07) is 7.55. The zero-order valence-electron chi connectivity index (χ0n) is 17.7. The van der Waals surface area contributed by atoms with Crippen molar-refractivity contribution in [2.24, 2.45) is 0 Å². The number of benzene rings is 1. The molecule has 29 heavy (non-hydrogen) atoms. The van der Waals surface area contributed by atoms with E-state index in [1.807, 2.05) is 0 Å². The van der Waals surface area contributed by atoms with Gasteiger partial charge in [0.15, 0.2) is 5.69 Å². The highest BCUT2D eigenvalue weighted by Crippen LogP contribution is 2.34. The van der Waals surface area contributed by atoms with Crippen molar-refractivity contribution < 1.29 is 26.5 Å². The number of hydrogen-bond donors (Lipinski definition) is 2. The first-order valence-corrected chi connectivity index (χ1v) is 8.54. The van der Waals surface area contributed by atoms with Gasteiger partial charge >= 0.3 is 6.18 Å². The Balaban J connectivity index is 1.67. The maximum absolute atomic E-state index is 12.8. The highest BCUT2D eigenvalue weighted by atomic mass is 19.4. The predicted octanol–water partition coefficient (Wildman–Crippen LogP) is 3.67. The van der Waals surface area contributed by atoms with E-state index in [9.17, 15) is 18.0 Å². The maximum atomic E-state index is 12.8. The topological polar surface area (TPSA) is 92.9 Å². The zero-order valence-corrected chi connectivity index (χ0v) is 14.7. The molecule has 1 saturated heterocycles. The van der Waals surface area contributed by atoms with Crippen LogP contribution in [0.15, 0.2) is 47.0 Å². The van der Waals surface area contributed by atoms with Crippen LogP contribution in [0.25, 0.3) is 11.6 Å². The number of rotatable bonds is 4. The van der Waals surface area contributed by atoms with Crippen LogP contribution in [0.4, 0.5) is 24.5 Å². The van der Waals surface area contributed by atoms with Gasteiger partial charge in [-0.1, -0.05) is 0 Å². The van der Waals surface area contributed by atoms with Crippen LogP contribution in [-0.4, -0.2) is 27.6 Å². The molecule has 0 bridgehead atoms. The van der Waals surface area contributed by atoms with E-state index in [4.69, 9.17) is 8.53 Å². The maximum Gasteiger partial charge on any atom is 0.416 e. The van der Waals surface area contributed by atoms with Crippen molar-refractivity contribution in [1.29, 1.82) is 0 Å². The number of carbonyl (C=O) groups is 1. The second-order valence-corrected chi connectivity index (χ2v) is 6.42. The van der Waals surface area contributed by atoms with Crippen LogP contribution in [0.3, 0.4) is 0 Å². The van der Waals surface area contributed by atoms with Crippen LogP contribution in [0.5, 0.6) is 0 Å². The summed E-state index contributed by atoms with van der Waals surface area (Å²) in [5.74, 6) is -1.22. The van der Waals surface area contributed by atoms with Crippen molar-refractivity contribution in [2.75, 3.05) is 11.9 Å². The number of pyridine rings is 1. The molecule has 150 valence electrons. The summed E-state index contributed by atoms with van der Waals surface area (Å²) in [5.41, 5.74) is -1.93. The van der Waals surface area contributed by atoms with Crippen molar-refractivity contribution in [3.8, 4) is 11.6 Å². The summed E-state index contributed by atoms with van der Waals surface area (Å²) in [6.45, 7) is -2.57. The van der Waals surface area contributed by atoms with Gasteiger partial charge in [0, 0.05) is 22.5 Å². The molecule has 0 saturated carbocycles. The Hall–Kier alpha value is -3.43. The molecule has 1 aliphatic heterocycles. The second kappa shape index (κ2) is 6.87. The minimum atomic E-state index is -4.45. The van der Waals surface area contributed by atoms with Gasteiger partial charge in [-0.3, -0.25) is 4.79 Å². The minimum absolute atomic E-state index is 0.0388. The first kappa shape index (κ1) is 15.5. The third-order valence-corrected chi connectivity index (χ3v) is 4.46. The van der Waals surface area contributed by atoms with Gasteiger partial charge < -0.3 is 15.1 Å². The van der Waals surface area contributed by atoms with Gasteiger partial charge in [0.2, 0.25) is 11.8 Å². The highest BCUT2D eigenvalue weighted by molar-refractivity contribution is 5.88. The lowest BCUT2D eigenvalue weighted by Crippen LogP contribution is -2.32. The molecule has 1 amide bonds. The number of anilines is 2. The van der Waals surface area contributed by atoms with Crippen molar-refractivity contribution >= 4 is 17.3 Å². The van der Waals surface area contributed by atoms with Crippen molar-refractivity contribution in [3.63, 3.8) is 0 Å². The lowest BCUT2D eigenvalue weighted by molar-refractivity contribution is -0.137. The molecule has 1 atom stereocenters. The molecule has 4 rings (SSSR count). The quantitative estimate of drug-likeness (QED) is 0.687. The first-order chi connectivity index (χ1) is 15.0. The summed E-state index contributed by atoms with van der Waals surface area (Å²) in [5, 5.41) is 13.1. The summed E-state index contributed by atoms with van der Waals surface area (Å²) >= 11 is 0. The molecule has 7 nitrogen and oxygen atoms in total. The molecule has 0 spiro atoms. The zero-order chi connectivity index (χ0) is 23.1. The van der Waals surface area contributed by atoms with E-state index in [-0.39, 0.29) is 30.4 Å². The Morgan fingerprint density at radius 2 is 2.03 bits per heavy atom. The fourth-order valence-corrected chi connectivity index (χ4v) is 2.90. The van der Waals surface area contributed by atoms with Crippen LogP contribution in [-0.2, 0) is 16.4 Å². The third kappa shape index (κ3) is 3.53. The molecule has 3 aromatic rings. The van der Waals surface area contributed by atoms with Gasteiger partial charge in [0.05, 0.1) is 11.3 Å². The number of alkyl halides is 3. The normalized spacial score (nSPS) is 21.2. The molecule has 1 aromatic carbocycles. The van der Waals surface area contributed by atoms with Crippen LogP contribution in [0.2, 0.25) is 0 Å². The Kier molecular flexibility index (Phi) is 3.67. The molecule has 0 aliphatic carbocycles. The van der Waals surface area contributed by atoms with Gasteiger partial charge in [-0.15, -0.1) is 10.2 Å². The Labute approximate surface area is 167 Å². The molecule has 1 aliphatic rings. The number of hydrogen-bond acceptors (Lipinski definition) is 6. The first-order valence-electron chi connectivity index (χ1n) is 10.0. The van der Waals surface area contributed by atoms with Crippen LogP contribution in [0.1, 0.15) is 28.8 Å². The van der Waals surface area contributed by atoms with Crippen LogP contribution < -0.4 is 10.6 Å². The molecule has 0 unspecified atom stereocenters. The Morgan fingerprint density at radius 3 is 2.69 bits per heavy atom. The van der Waals surface area contributed by atoms with Crippen LogP contribution >= 0.6 is 0 Å². The fourth-order valence-electron chi connectivity index (χ4n) is 2.90. The third-order valence-electron chi connectivity index (χ3n) is 4.46. The molecule has 10 heteroatoms. The summed E-state index contributed by atoms with van der Waals surface area (Å²) < 4.78 is 67.5. The van der Waals surface area contributed by atoms with Crippen molar-refractivity contribution in [2.45, 2.75) is 24.9 Å². The SMILES string of the molecule is [2H]C([2H])([2H])[C@]1(c2nnc(-c3ncccc3Nc3ccc(C(F)(F)F)cc3)o2)CCNC1=O. The molecule has 3 heterocycles. The predicted molar refractivity (Wildman–Crippen MR) is 97.2 cm³/mol. The highest BCUT2D eigenvalue weighted by Gasteiger charge is 2.44. The number of nitrogens with zero attached hydrogens (tertiary/aromatic N) is 3. The summed E-state index contributed by atoms with van der Waals surface area (Å²) in [4.78, 5) is 16.6. The molecular weight excluding hydrogens is 387 g/mol. The number of carbonyl (C=O) groups excluding carboxylic acids is 1. The van der Waals surface area contributed by atoms with E-state index in [1.54, 1.807) is 12.1 Å². The van der Waals surface area contributed by atoms with Gasteiger partial charge in [-0.25, -0.2) is 4.98 Å². The molecule has 1 fully saturated rings. The molecule has 2 aromatic heterocycles. The number of aromatic nitrogens is 3. The van der Waals surface area contributed by atoms with E-state index < -0.39 is 29.9 Å². The van der Waals surface area contributed by atoms with Crippen molar-refractivity contribution in [1.82, 2.24) is 20.5 Å². The van der Waals surface area contributed by atoms with Gasteiger partial charge in [0.1, 0.15) is 5.41 Å². The Morgan fingerprint density at radius 1 is 1.24 bits per heavy atom. The number of halogens is 3. The number of nitrogens with one attached hydrogen (secondary N) is 2. The van der Waals surface area contributed by atoms with E-state index in [2.05, 4.69) is 25.8 Å². The average molecular weight is 406 g/mol. The summed E-state index contributed by atoms with van der Waals surface area (Å²) in [6.07, 6.45) is -3.06. The largest absolute Gasteiger partial charge is 0.418 e. The molecular formula is C19H16F3N5O2. The smallest absolute Gasteiger partial charge is 0.416 e. The Bertz CT molecular complexity index is 1150. The standard InChI is InChI=1S/C19H16F3N5O2/c1-18(8-10-24-16(18)28)17-27-26-15(29-17)14-13(3-2-9-23-14)25-12-6-4-11(5-7-12)19(20,21)22/h2-7,9,25H,8,10H2,1H3,(H,24,28)/t18-/m0/s1/i1D3.